The molecule has 0 radical (unpaired) electrons. The van der Waals surface area contributed by atoms with Crippen molar-refractivity contribution in [3.05, 3.63) is 33.8 Å². The summed E-state index contributed by atoms with van der Waals surface area (Å²) < 4.78 is 0. The molecule has 5 nitrogen and oxygen atoms in total. The molecule has 0 aliphatic rings. The van der Waals surface area contributed by atoms with E-state index in [1.54, 1.807) is 22.8 Å². The first-order chi connectivity index (χ1) is 11.1. The van der Waals surface area contributed by atoms with Crippen LogP contribution >= 0.6 is 34.4 Å². The molecule has 0 saturated carbocycles. The van der Waals surface area contributed by atoms with E-state index < -0.39 is 0 Å². The molecule has 1 N–H and O–H groups in total. The van der Waals surface area contributed by atoms with Crippen molar-refractivity contribution in [2.45, 2.75) is 18.9 Å². The van der Waals surface area contributed by atoms with Gasteiger partial charge in [-0.2, -0.15) is 5.26 Å². The van der Waals surface area contributed by atoms with Crippen LogP contribution in [-0.4, -0.2) is 21.6 Å². The Kier molecular flexibility index (Phi) is 4.61. The summed E-state index contributed by atoms with van der Waals surface area (Å²) in [5.74, 6) is 0.0914. The minimum Gasteiger partial charge on any atom is -0.316 e. The van der Waals surface area contributed by atoms with Gasteiger partial charge in [0.2, 0.25) is 5.91 Å². The molecule has 3 heterocycles. The summed E-state index contributed by atoms with van der Waals surface area (Å²) in [4.78, 5) is 22.9. The Hall–Kier alpha value is -1.95. The van der Waals surface area contributed by atoms with Crippen molar-refractivity contribution >= 4 is 55.6 Å². The number of hydrogen-bond donors (Lipinski definition) is 1. The number of fused-ring (bicyclic) bond motifs is 1. The molecule has 8 heteroatoms. The molecule has 0 aliphatic heterocycles. The lowest BCUT2D eigenvalue weighted by atomic mass is 10.2. The van der Waals surface area contributed by atoms with Crippen molar-refractivity contribution in [3.63, 3.8) is 0 Å². The van der Waals surface area contributed by atoms with Gasteiger partial charge in [-0.3, -0.25) is 4.79 Å². The Labute approximate surface area is 145 Å². The number of anilines is 1. The average Bonchev–Trinajstić information content (AvgIpc) is 3.10. The third-order valence-corrected chi connectivity index (χ3v) is 6.24. The predicted octanol–water partition coefficient (Wildman–Crippen LogP) is 3.97. The molecule has 0 saturated heterocycles. The van der Waals surface area contributed by atoms with E-state index in [1.165, 1.54) is 39.9 Å². The zero-order valence-corrected chi connectivity index (χ0v) is 14.9. The molecule has 1 amide bonds. The Morgan fingerprint density at radius 2 is 2.26 bits per heavy atom. The summed E-state index contributed by atoms with van der Waals surface area (Å²) in [5, 5.41) is 16.0. The van der Waals surface area contributed by atoms with E-state index in [4.69, 9.17) is 5.26 Å². The third kappa shape index (κ3) is 3.22. The highest BCUT2D eigenvalue weighted by Gasteiger charge is 2.14. The van der Waals surface area contributed by atoms with Crippen LogP contribution in [-0.2, 0) is 4.79 Å². The van der Waals surface area contributed by atoms with E-state index >= 15 is 0 Å². The van der Waals surface area contributed by atoms with Crippen molar-refractivity contribution in [1.82, 2.24) is 9.97 Å². The molecule has 0 bridgehead atoms. The number of nitrogens with one attached hydrogen (secondary N) is 1. The number of rotatable bonds is 4. The second-order valence-electron chi connectivity index (χ2n) is 4.75. The van der Waals surface area contributed by atoms with Crippen LogP contribution in [0.2, 0.25) is 0 Å². The van der Waals surface area contributed by atoms with Gasteiger partial charge in [0, 0.05) is 10.3 Å². The molecule has 0 atom stereocenters. The SMILES string of the molecule is Cc1sc2ncnc(SCC(=O)Nc3sccc3C#N)c2c1C. The third-order valence-electron chi connectivity index (χ3n) is 3.31. The highest BCUT2D eigenvalue weighted by atomic mass is 32.2. The van der Waals surface area contributed by atoms with Crippen molar-refractivity contribution in [1.29, 1.82) is 5.26 Å². The lowest BCUT2D eigenvalue weighted by molar-refractivity contribution is -0.113. The minimum atomic E-state index is -0.148. The Bertz CT molecular complexity index is 923. The zero-order chi connectivity index (χ0) is 16.4. The number of carbonyl (C=O) groups excluding carboxylic acids is 1. The lowest BCUT2D eigenvalue weighted by Gasteiger charge is -2.04. The van der Waals surface area contributed by atoms with E-state index in [-0.39, 0.29) is 11.7 Å². The maximum absolute atomic E-state index is 12.1. The first-order valence-corrected chi connectivity index (χ1v) is 9.39. The van der Waals surface area contributed by atoms with E-state index in [2.05, 4.69) is 28.3 Å². The number of thioether (sulfide) groups is 1. The van der Waals surface area contributed by atoms with E-state index in [1.807, 2.05) is 6.92 Å². The van der Waals surface area contributed by atoms with Gasteiger partial charge in [0.05, 0.1) is 11.3 Å². The molecule has 3 aromatic heterocycles. The summed E-state index contributed by atoms with van der Waals surface area (Å²) in [5.41, 5.74) is 1.65. The summed E-state index contributed by atoms with van der Waals surface area (Å²) in [6.45, 7) is 4.11. The normalized spacial score (nSPS) is 10.7. The standard InChI is InChI=1S/C15H12N4OS3/c1-8-9(2)23-15-12(8)14(17-7-18-15)22-6-11(20)19-13-10(5-16)3-4-21-13/h3-4,7H,6H2,1-2H3,(H,19,20). The van der Waals surface area contributed by atoms with Crippen LogP contribution in [0.15, 0.2) is 22.8 Å². The molecule has 0 spiro atoms. The number of aryl methyl sites for hydroxylation is 2. The maximum atomic E-state index is 12.1. The van der Waals surface area contributed by atoms with Crippen LogP contribution in [0.4, 0.5) is 5.00 Å². The molecule has 23 heavy (non-hydrogen) atoms. The largest absolute Gasteiger partial charge is 0.316 e. The number of nitrogens with zero attached hydrogens (tertiary/aromatic N) is 3. The molecule has 0 aromatic carbocycles. The second kappa shape index (κ2) is 6.66. The van der Waals surface area contributed by atoms with Crippen LogP contribution in [0.5, 0.6) is 0 Å². The quantitative estimate of drug-likeness (QED) is 0.562. The number of hydrogen-bond acceptors (Lipinski definition) is 7. The number of aromatic nitrogens is 2. The van der Waals surface area contributed by atoms with Crippen LogP contribution in [0.3, 0.4) is 0 Å². The van der Waals surface area contributed by atoms with Gasteiger partial charge in [-0.1, -0.05) is 11.8 Å². The predicted molar refractivity (Wildman–Crippen MR) is 95.3 cm³/mol. The molecule has 3 rings (SSSR count). The maximum Gasteiger partial charge on any atom is 0.235 e. The minimum absolute atomic E-state index is 0.148. The summed E-state index contributed by atoms with van der Waals surface area (Å²) in [6, 6.07) is 3.75. The summed E-state index contributed by atoms with van der Waals surface area (Å²) in [7, 11) is 0. The van der Waals surface area contributed by atoms with Gasteiger partial charge in [0.25, 0.3) is 0 Å². The second-order valence-corrected chi connectivity index (χ2v) is 7.84. The van der Waals surface area contributed by atoms with Crippen molar-refractivity contribution in [2.24, 2.45) is 0 Å². The van der Waals surface area contributed by atoms with Crippen LogP contribution in [0, 0.1) is 25.2 Å². The number of thiophene rings is 2. The van der Waals surface area contributed by atoms with E-state index in [0.717, 1.165) is 15.2 Å². The highest BCUT2D eigenvalue weighted by Crippen LogP contribution is 2.34. The van der Waals surface area contributed by atoms with Gasteiger partial charge in [-0.25, -0.2) is 9.97 Å². The van der Waals surface area contributed by atoms with Gasteiger partial charge >= 0.3 is 0 Å². The van der Waals surface area contributed by atoms with E-state index in [9.17, 15) is 4.79 Å². The summed E-state index contributed by atoms with van der Waals surface area (Å²) >= 11 is 4.37. The summed E-state index contributed by atoms with van der Waals surface area (Å²) in [6.07, 6.45) is 1.53. The van der Waals surface area contributed by atoms with Gasteiger partial charge in [-0.05, 0) is 30.9 Å². The number of amides is 1. The topological polar surface area (TPSA) is 78.7 Å². The Morgan fingerprint density at radius 3 is 3.04 bits per heavy atom. The molecular formula is C15H12N4OS3. The van der Waals surface area contributed by atoms with Gasteiger partial charge in [0.1, 0.15) is 27.3 Å². The lowest BCUT2D eigenvalue weighted by Crippen LogP contribution is -2.13. The van der Waals surface area contributed by atoms with Gasteiger partial charge in [0.15, 0.2) is 0 Å². The highest BCUT2D eigenvalue weighted by molar-refractivity contribution is 8.00. The Balaban J connectivity index is 1.74. The van der Waals surface area contributed by atoms with Crippen LogP contribution < -0.4 is 5.32 Å². The van der Waals surface area contributed by atoms with Crippen LogP contribution in [0.25, 0.3) is 10.2 Å². The van der Waals surface area contributed by atoms with Gasteiger partial charge < -0.3 is 5.32 Å². The number of nitriles is 1. The first-order valence-electron chi connectivity index (χ1n) is 6.71. The molecule has 3 aromatic rings. The van der Waals surface area contributed by atoms with Crippen molar-refractivity contribution < 1.29 is 4.79 Å². The van der Waals surface area contributed by atoms with E-state index in [0.29, 0.717) is 10.6 Å². The van der Waals surface area contributed by atoms with Crippen molar-refractivity contribution in [3.8, 4) is 6.07 Å². The smallest absolute Gasteiger partial charge is 0.235 e. The first kappa shape index (κ1) is 15.9. The fourth-order valence-electron chi connectivity index (χ4n) is 2.05. The molecule has 0 unspecified atom stereocenters. The molecule has 116 valence electrons. The Morgan fingerprint density at radius 1 is 1.43 bits per heavy atom. The average molecular weight is 360 g/mol. The fourth-order valence-corrected chi connectivity index (χ4v) is 4.72. The monoisotopic (exact) mass is 360 g/mol. The molecule has 0 aliphatic carbocycles. The number of carbonyl (C=O) groups is 1. The van der Waals surface area contributed by atoms with Crippen LogP contribution in [0.1, 0.15) is 16.0 Å². The molecule has 0 fully saturated rings. The van der Waals surface area contributed by atoms with Gasteiger partial charge in [-0.15, -0.1) is 22.7 Å². The fraction of sp³-hybridized carbons (Fsp3) is 0.200. The van der Waals surface area contributed by atoms with Crippen molar-refractivity contribution in [2.75, 3.05) is 11.1 Å². The zero-order valence-electron chi connectivity index (χ0n) is 12.4. The molecular weight excluding hydrogens is 348 g/mol.